The number of hydrogen-bond donors (Lipinski definition) is 0. The molecule has 1 nitrogen and oxygen atoms in total. The highest BCUT2D eigenvalue weighted by atomic mass is 16.5. The lowest BCUT2D eigenvalue weighted by Gasteiger charge is -2.02. The highest BCUT2D eigenvalue weighted by molar-refractivity contribution is 5.25. The second-order valence-corrected chi connectivity index (χ2v) is 2.57. The number of hydrogen-bond acceptors (Lipinski definition) is 1. The van der Waals surface area contributed by atoms with Crippen LogP contribution in [-0.2, 0) is 4.74 Å². The zero-order chi connectivity index (χ0) is 9.40. The van der Waals surface area contributed by atoms with E-state index in [9.17, 15) is 0 Å². The molecule has 0 N–H and O–H groups in total. The number of allylic oxidation sites excluding steroid dienone is 4. The Morgan fingerprint density at radius 1 is 1.50 bits per heavy atom. The number of methoxy groups -OCH3 is 1. The molecule has 0 fully saturated rings. The average molecular weight is 166 g/mol. The van der Waals surface area contributed by atoms with Gasteiger partial charge in [0.05, 0.1) is 7.11 Å². The summed E-state index contributed by atoms with van der Waals surface area (Å²) in [5, 5.41) is 0. The van der Waals surface area contributed by atoms with Gasteiger partial charge in [-0.25, -0.2) is 0 Å². The Balaban J connectivity index is 4.34. The fraction of sp³-hybridized carbons (Fsp3) is 0.455. The maximum absolute atomic E-state index is 5.12. The molecule has 0 aromatic heterocycles. The summed E-state index contributed by atoms with van der Waals surface area (Å²) in [4.78, 5) is 0. The van der Waals surface area contributed by atoms with Gasteiger partial charge < -0.3 is 4.74 Å². The van der Waals surface area contributed by atoms with Crippen LogP contribution in [0.1, 0.15) is 26.7 Å². The molecule has 0 rings (SSSR count). The fourth-order valence-corrected chi connectivity index (χ4v) is 0.965. The van der Waals surface area contributed by atoms with Gasteiger partial charge in [0.1, 0.15) is 5.76 Å². The van der Waals surface area contributed by atoms with Crippen LogP contribution in [0, 0.1) is 0 Å². The van der Waals surface area contributed by atoms with E-state index in [1.165, 1.54) is 5.57 Å². The van der Waals surface area contributed by atoms with Crippen LogP contribution in [0.3, 0.4) is 0 Å². The van der Waals surface area contributed by atoms with E-state index in [4.69, 9.17) is 4.74 Å². The Labute approximate surface area is 75.4 Å². The minimum absolute atomic E-state index is 0.901. The van der Waals surface area contributed by atoms with Gasteiger partial charge in [0.15, 0.2) is 0 Å². The molecule has 0 saturated heterocycles. The van der Waals surface area contributed by atoms with Gasteiger partial charge in [-0.05, 0) is 31.1 Å². The van der Waals surface area contributed by atoms with Gasteiger partial charge in [0.2, 0.25) is 0 Å². The summed E-state index contributed by atoms with van der Waals surface area (Å²) in [6.45, 7) is 7.86. The molecule has 0 heterocycles. The molecule has 0 saturated carbocycles. The van der Waals surface area contributed by atoms with E-state index in [1.807, 2.05) is 25.2 Å². The van der Waals surface area contributed by atoms with Crippen molar-refractivity contribution in [3.63, 3.8) is 0 Å². The van der Waals surface area contributed by atoms with Crippen LogP contribution in [0.2, 0.25) is 0 Å². The summed E-state index contributed by atoms with van der Waals surface area (Å²) >= 11 is 0. The Hall–Kier alpha value is -0.980. The molecular weight excluding hydrogens is 148 g/mol. The van der Waals surface area contributed by atoms with Crippen molar-refractivity contribution in [3.8, 4) is 0 Å². The summed E-state index contributed by atoms with van der Waals surface area (Å²) in [6.07, 6.45) is 8.05. The molecule has 0 aliphatic rings. The summed E-state index contributed by atoms with van der Waals surface area (Å²) < 4.78 is 5.12. The van der Waals surface area contributed by atoms with E-state index in [0.29, 0.717) is 0 Å². The Morgan fingerprint density at radius 2 is 2.17 bits per heavy atom. The number of rotatable bonds is 5. The molecule has 0 amide bonds. The summed E-state index contributed by atoms with van der Waals surface area (Å²) in [6, 6.07) is 0. The SMILES string of the molecule is C=C/C(=C\C(=C/C)OC)CCC. The van der Waals surface area contributed by atoms with Crippen molar-refractivity contribution < 1.29 is 4.74 Å². The molecule has 12 heavy (non-hydrogen) atoms. The molecule has 0 aliphatic carbocycles. The van der Waals surface area contributed by atoms with Crippen molar-refractivity contribution in [3.05, 3.63) is 36.1 Å². The first-order chi connectivity index (χ1) is 5.78. The smallest absolute Gasteiger partial charge is 0.114 e. The van der Waals surface area contributed by atoms with Crippen LogP contribution >= 0.6 is 0 Å². The number of ether oxygens (including phenoxy) is 1. The van der Waals surface area contributed by atoms with Crippen LogP contribution in [0.4, 0.5) is 0 Å². The van der Waals surface area contributed by atoms with Crippen LogP contribution in [-0.4, -0.2) is 7.11 Å². The lowest BCUT2D eigenvalue weighted by Crippen LogP contribution is -1.84. The van der Waals surface area contributed by atoms with Crippen molar-refractivity contribution in [2.75, 3.05) is 7.11 Å². The molecule has 0 bridgehead atoms. The van der Waals surface area contributed by atoms with Gasteiger partial charge in [0, 0.05) is 0 Å². The molecular formula is C11H18O. The first kappa shape index (κ1) is 11.0. The summed E-state index contributed by atoms with van der Waals surface area (Å²) in [5.74, 6) is 0.901. The van der Waals surface area contributed by atoms with Crippen LogP contribution in [0.5, 0.6) is 0 Å². The van der Waals surface area contributed by atoms with Crippen molar-refractivity contribution >= 4 is 0 Å². The monoisotopic (exact) mass is 166 g/mol. The first-order valence-electron chi connectivity index (χ1n) is 4.31. The molecule has 1 heteroatoms. The average Bonchev–Trinajstić information content (AvgIpc) is 2.12. The van der Waals surface area contributed by atoms with Crippen LogP contribution in [0.25, 0.3) is 0 Å². The largest absolute Gasteiger partial charge is 0.497 e. The standard InChI is InChI=1S/C11H18O/c1-5-8-10(6-2)9-11(7-3)12-4/h6-7,9H,2,5,8H2,1,3-4H3/b10-9+,11-7+. The minimum Gasteiger partial charge on any atom is -0.497 e. The molecule has 0 unspecified atom stereocenters. The maximum atomic E-state index is 5.12. The Kier molecular flexibility index (Phi) is 6.16. The van der Waals surface area contributed by atoms with Gasteiger partial charge in [-0.15, -0.1) is 0 Å². The predicted molar refractivity (Wildman–Crippen MR) is 54.0 cm³/mol. The van der Waals surface area contributed by atoms with E-state index in [2.05, 4.69) is 13.5 Å². The summed E-state index contributed by atoms with van der Waals surface area (Å²) in [5.41, 5.74) is 1.23. The second kappa shape index (κ2) is 6.71. The second-order valence-electron chi connectivity index (χ2n) is 2.57. The van der Waals surface area contributed by atoms with E-state index < -0.39 is 0 Å². The third kappa shape index (κ3) is 4.02. The molecule has 0 atom stereocenters. The maximum Gasteiger partial charge on any atom is 0.114 e. The van der Waals surface area contributed by atoms with E-state index >= 15 is 0 Å². The van der Waals surface area contributed by atoms with E-state index in [1.54, 1.807) is 7.11 Å². The zero-order valence-electron chi connectivity index (χ0n) is 8.26. The van der Waals surface area contributed by atoms with Gasteiger partial charge in [-0.3, -0.25) is 0 Å². The van der Waals surface area contributed by atoms with Crippen LogP contribution in [0.15, 0.2) is 36.1 Å². The quantitative estimate of drug-likeness (QED) is 0.449. The highest BCUT2D eigenvalue weighted by Crippen LogP contribution is 2.10. The van der Waals surface area contributed by atoms with Gasteiger partial charge in [0.25, 0.3) is 0 Å². The molecule has 68 valence electrons. The predicted octanol–water partition coefficient (Wildman–Crippen LogP) is 3.45. The normalized spacial score (nSPS) is 12.9. The Bertz CT molecular complexity index is 187. The van der Waals surface area contributed by atoms with Crippen LogP contribution < -0.4 is 0 Å². The Morgan fingerprint density at radius 3 is 2.50 bits per heavy atom. The first-order valence-corrected chi connectivity index (χ1v) is 4.31. The van der Waals surface area contributed by atoms with Gasteiger partial charge >= 0.3 is 0 Å². The summed E-state index contributed by atoms with van der Waals surface area (Å²) in [7, 11) is 1.68. The van der Waals surface area contributed by atoms with Crippen molar-refractivity contribution in [1.82, 2.24) is 0 Å². The topological polar surface area (TPSA) is 9.23 Å². The third-order valence-corrected chi connectivity index (χ3v) is 1.65. The molecule has 0 spiro atoms. The minimum atomic E-state index is 0.901. The molecule has 0 aliphatic heterocycles. The zero-order valence-corrected chi connectivity index (χ0v) is 8.26. The van der Waals surface area contributed by atoms with Crippen molar-refractivity contribution in [2.24, 2.45) is 0 Å². The fourth-order valence-electron chi connectivity index (χ4n) is 0.965. The molecule has 0 aromatic carbocycles. The highest BCUT2D eigenvalue weighted by Gasteiger charge is 1.92. The van der Waals surface area contributed by atoms with E-state index in [-0.39, 0.29) is 0 Å². The lowest BCUT2D eigenvalue weighted by atomic mass is 10.1. The lowest BCUT2D eigenvalue weighted by molar-refractivity contribution is 0.305. The van der Waals surface area contributed by atoms with Crippen molar-refractivity contribution in [2.45, 2.75) is 26.7 Å². The molecule has 0 aromatic rings. The van der Waals surface area contributed by atoms with Gasteiger partial charge in [-0.1, -0.05) is 26.0 Å². The molecule has 0 radical (unpaired) electrons. The third-order valence-electron chi connectivity index (χ3n) is 1.65. The van der Waals surface area contributed by atoms with E-state index in [0.717, 1.165) is 18.6 Å². The van der Waals surface area contributed by atoms with Crippen molar-refractivity contribution in [1.29, 1.82) is 0 Å². The van der Waals surface area contributed by atoms with Gasteiger partial charge in [-0.2, -0.15) is 0 Å².